The lowest BCUT2D eigenvalue weighted by Crippen LogP contribution is -2.40. The van der Waals surface area contributed by atoms with Gasteiger partial charge in [-0.15, -0.1) is 0 Å². The van der Waals surface area contributed by atoms with Crippen LogP contribution < -0.4 is 4.72 Å². The summed E-state index contributed by atoms with van der Waals surface area (Å²) in [5.74, 6) is 0.336. The molecule has 0 aromatic heterocycles. The molecular weight excluding hydrogens is 286 g/mol. The molecule has 1 aromatic rings. The summed E-state index contributed by atoms with van der Waals surface area (Å²) in [4.78, 5) is 2.30. The van der Waals surface area contributed by atoms with E-state index in [4.69, 9.17) is 5.26 Å². The lowest BCUT2D eigenvalue weighted by Gasteiger charge is -2.32. The molecule has 0 radical (unpaired) electrons. The molecule has 0 spiro atoms. The molecule has 0 saturated carbocycles. The fourth-order valence-electron chi connectivity index (χ4n) is 2.74. The van der Waals surface area contributed by atoms with Gasteiger partial charge in [0.1, 0.15) is 0 Å². The zero-order valence-corrected chi connectivity index (χ0v) is 13.1. The second kappa shape index (κ2) is 7.03. The fraction of sp³-hybridized carbons (Fsp3) is 0.533. The van der Waals surface area contributed by atoms with E-state index < -0.39 is 10.0 Å². The van der Waals surface area contributed by atoms with Crippen molar-refractivity contribution in [3.63, 3.8) is 0 Å². The number of nitrogens with zero attached hydrogens (tertiary/aromatic N) is 2. The largest absolute Gasteiger partial charge is 0.299 e. The van der Waals surface area contributed by atoms with Crippen LogP contribution in [0, 0.1) is 17.2 Å². The standard InChI is InChI=1S/C15H21N3O2S/c1-21(19,20)17-10-13-5-4-8-18(11-13)12-15-7-3-2-6-14(15)9-16/h2-3,6-7,13,17H,4-5,8,10-12H2,1H3/t13-/m0/s1. The van der Waals surface area contributed by atoms with Crippen LogP contribution in [0.5, 0.6) is 0 Å². The molecule has 114 valence electrons. The SMILES string of the molecule is CS(=O)(=O)NC[C@@H]1CCCN(Cc2ccccc2C#N)C1. The van der Waals surface area contributed by atoms with E-state index in [9.17, 15) is 8.42 Å². The summed E-state index contributed by atoms with van der Waals surface area (Å²) in [5.41, 5.74) is 1.76. The van der Waals surface area contributed by atoms with Crippen LogP contribution >= 0.6 is 0 Å². The predicted octanol–water partition coefficient (Wildman–Crippen LogP) is 1.32. The van der Waals surface area contributed by atoms with Gasteiger partial charge in [0.2, 0.25) is 10.0 Å². The Morgan fingerprint density at radius 3 is 2.90 bits per heavy atom. The van der Waals surface area contributed by atoms with Gasteiger partial charge in [0, 0.05) is 19.6 Å². The van der Waals surface area contributed by atoms with Gasteiger partial charge in [-0.2, -0.15) is 5.26 Å². The zero-order chi connectivity index (χ0) is 15.3. The van der Waals surface area contributed by atoms with Crippen molar-refractivity contribution in [3.05, 3.63) is 35.4 Å². The van der Waals surface area contributed by atoms with Gasteiger partial charge >= 0.3 is 0 Å². The molecule has 5 nitrogen and oxygen atoms in total. The van der Waals surface area contributed by atoms with Gasteiger partial charge in [0.05, 0.1) is 17.9 Å². The van der Waals surface area contributed by atoms with Gasteiger partial charge in [0.15, 0.2) is 0 Å². The zero-order valence-electron chi connectivity index (χ0n) is 12.2. The first-order valence-electron chi connectivity index (χ1n) is 7.13. The van der Waals surface area contributed by atoms with Crippen LogP contribution in [0.4, 0.5) is 0 Å². The summed E-state index contributed by atoms with van der Waals surface area (Å²) < 4.78 is 24.9. The average Bonchev–Trinajstić information content (AvgIpc) is 2.45. The molecule has 1 N–H and O–H groups in total. The number of likely N-dealkylation sites (tertiary alicyclic amines) is 1. The maximum Gasteiger partial charge on any atom is 0.208 e. The Morgan fingerprint density at radius 1 is 1.43 bits per heavy atom. The van der Waals surface area contributed by atoms with Crippen molar-refractivity contribution in [2.45, 2.75) is 19.4 Å². The summed E-state index contributed by atoms with van der Waals surface area (Å²) in [6.45, 7) is 3.10. The Morgan fingerprint density at radius 2 is 2.19 bits per heavy atom. The monoisotopic (exact) mass is 307 g/mol. The topological polar surface area (TPSA) is 73.2 Å². The second-order valence-corrected chi connectivity index (χ2v) is 7.47. The third-order valence-electron chi connectivity index (χ3n) is 3.77. The van der Waals surface area contributed by atoms with Gasteiger partial charge in [-0.05, 0) is 36.9 Å². The van der Waals surface area contributed by atoms with Crippen LogP contribution in [0.3, 0.4) is 0 Å². The van der Waals surface area contributed by atoms with E-state index in [1.165, 1.54) is 6.26 Å². The lowest BCUT2D eigenvalue weighted by molar-refractivity contribution is 0.169. The van der Waals surface area contributed by atoms with E-state index in [0.29, 0.717) is 18.0 Å². The number of hydrogen-bond donors (Lipinski definition) is 1. The van der Waals surface area contributed by atoms with Gasteiger partial charge in [-0.3, -0.25) is 4.90 Å². The van der Waals surface area contributed by atoms with E-state index in [0.717, 1.165) is 38.0 Å². The molecule has 21 heavy (non-hydrogen) atoms. The van der Waals surface area contributed by atoms with Crippen LogP contribution in [0.2, 0.25) is 0 Å². The van der Waals surface area contributed by atoms with E-state index >= 15 is 0 Å². The Bertz CT molecular complexity index is 622. The highest BCUT2D eigenvalue weighted by molar-refractivity contribution is 7.88. The Hall–Kier alpha value is -1.42. The Balaban J connectivity index is 1.94. The van der Waals surface area contributed by atoms with Crippen LogP contribution in [0.1, 0.15) is 24.0 Å². The van der Waals surface area contributed by atoms with E-state index in [1.54, 1.807) is 0 Å². The molecule has 0 bridgehead atoms. The molecule has 1 aliphatic rings. The number of hydrogen-bond acceptors (Lipinski definition) is 4. The highest BCUT2D eigenvalue weighted by atomic mass is 32.2. The number of nitriles is 1. The van der Waals surface area contributed by atoms with Crippen LogP contribution in [-0.4, -0.2) is 39.2 Å². The predicted molar refractivity (Wildman–Crippen MR) is 82.0 cm³/mol. The van der Waals surface area contributed by atoms with Gasteiger partial charge in [0.25, 0.3) is 0 Å². The highest BCUT2D eigenvalue weighted by Crippen LogP contribution is 2.19. The number of piperidine rings is 1. The summed E-state index contributed by atoms with van der Waals surface area (Å²) in [5, 5.41) is 9.13. The second-order valence-electron chi connectivity index (χ2n) is 5.63. The van der Waals surface area contributed by atoms with Crippen molar-refractivity contribution < 1.29 is 8.42 Å². The number of sulfonamides is 1. The third kappa shape index (κ3) is 5.12. The number of benzene rings is 1. The van der Waals surface area contributed by atoms with Gasteiger partial charge in [-0.1, -0.05) is 18.2 Å². The lowest BCUT2D eigenvalue weighted by atomic mass is 9.97. The minimum atomic E-state index is -3.12. The van der Waals surface area contributed by atoms with Crippen molar-refractivity contribution in [2.24, 2.45) is 5.92 Å². The van der Waals surface area contributed by atoms with Crippen LogP contribution in [0.15, 0.2) is 24.3 Å². The molecule has 0 unspecified atom stereocenters. The van der Waals surface area contributed by atoms with Gasteiger partial charge < -0.3 is 0 Å². The summed E-state index contributed by atoms with van der Waals surface area (Å²) in [7, 11) is -3.12. The quantitative estimate of drug-likeness (QED) is 0.890. The fourth-order valence-corrected chi connectivity index (χ4v) is 3.28. The first-order chi connectivity index (χ1) is 9.98. The molecule has 1 saturated heterocycles. The molecule has 1 fully saturated rings. The van der Waals surface area contributed by atoms with Crippen molar-refractivity contribution in [3.8, 4) is 6.07 Å². The first-order valence-corrected chi connectivity index (χ1v) is 9.02. The van der Waals surface area contributed by atoms with Crippen molar-refractivity contribution in [1.82, 2.24) is 9.62 Å². The maximum absolute atomic E-state index is 11.2. The van der Waals surface area contributed by atoms with Crippen molar-refractivity contribution in [1.29, 1.82) is 5.26 Å². The molecule has 2 rings (SSSR count). The van der Waals surface area contributed by atoms with E-state index in [1.807, 2.05) is 24.3 Å². The molecule has 0 amide bonds. The average molecular weight is 307 g/mol. The smallest absolute Gasteiger partial charge is 0.208 e. The molecule has 0 aliphatic carbocycles. The van der Waals surface area contributed by atoms with E-state index in [2.05, 4.69) is 15.7 Å². The number of nitrogens with one attached hydrogen (secondary N) is 1. The number of rotatable bonds is 5. The Labute approximate surface area is 126 Å². The maximum atomic E-state index is 11.2. The molecule has 1 heterocycles. The molecule has 1 aromatic carbocycles. The highest BCUT2D eigenvalue weighted by Gasteiger charge is 2.21. The first kappa shape index (κ1) is 16.0. The van der Waals surface area contributed by atoms with Gasteiger partial charge in [-0.25, -0.2) is 13.1 Å². The Kier molecular flexibility index (Phi) is 5.34. The summed E-state index contributed by atoms with van der Waals surface area (Å²) >= 11 is 0. The molecule has 6 heteroatoms. The molecular formula is C15H21N3O2S. The molecule has 1 atom stereocenters. The summed E-state index contributed by atoms with van der Waals surface area (Å²) in [6.07, 6.45) is 3.29. The van der Waals surface area contributed by atoms with Crippen molar-refractivity contribution >= 4 is 10.0 Å². The minimum absolute atomic E-state index is 0.336. The van der Waals surface area contributed by atoms with Crippen LogP contribution in [0.25, 0.3) is 0 Å². The normalized spacial score (nSPS) is 20.1. The van der Waals surface area contributed by atoms with Crippen molar-refractivity contribution in [2.75, 3.05) is 25.9 Å². The minimum Gasteiger partial charge on any atom is -0.299 e. The third-order valence-corrected chi connectivity index (χ3v) is 4.46. The molecule has 1 aliphatic heterocycles. The van der Waals surface area contributed by atoms with Crippen LogP contribution in [-0.2, 0) is 16.6 Å². The van der Waals surface area contributed by atoms with E-state index in [-0.39, 0.29) is 0 Å². The summed E-state index contributed by atoms with van der Waals surface area (Å²) in [6, 6.07) is 9.86.